The molecule has 2 heterocycles. The first-order valence-corrected chi connectivity index (χ1v) is 11.7. The zero-order chi connectivity index (χ0) is 24.1. The Morgan fingerprint density at radius 1 is 1.00 bits per heavy atom. The van der Waals surface area contributed by atoms with Crippen LogP contribution in [0.1, 0.15) is 37.0 Å². The molecule has 0 saturated carbocycles. The van der Waals surface area contributed by atoms with E-state index in [1.165, 1.54) is 0 Å². The second-order valence-electron chi connectivity index (χ2n) is 8.67. The first kappa shape index (κ1) is 22.9. The Kier molecular flexibility index (Phi) is 6.62. The van der Waals surface area contributed by atoms with Crippen molar-refractivity contribution in [1.29, 1.82) is 0 Å². The zero-order valence-electron chi connectivity index (χ0n) is 19.6. The molecule has 5 rings (SSSR count). The minimum absolute atomic E-state index is 0.0421. The van der Waals surface area contributed by atoms with Gasteiger partial charge in [-0.1, -0.05) is 42.2 Å². The highest BCUT2D eigenvalue weighted by molar-refractivity contribution is 5.91. The predicted molar refractivity (Wildman–Crippen MR) is 137 cm³/mol. The standard InChI is InChI=1S/C29H27N3O3/c1-21(23-5-3-2-4-6-23)35-25-10-8-24(9-11-25)32-28-26-19-22(7-12-27(26)30-20-31-28)13-14-29(33)15-17-34-18-16-29/h2-12,19-21,33H,15-18H2,1H3,(H,30,31,32). The summed E-state index contributed by atoms with van der Waals surface area (Å²) in [6.45, 7) is 3.09. The predicted octanol–water partition coefficient (Wildman–Crippen LogP) is 5.41. The molecule has 1 saturated heterocycles. The molecule has 1 aromatic heterocycles. The van der Waals surface area contributed by atoms with Crippen LogP contribution in [0.3, 0.4) is 0 Å². The van der Waals surface area contributed by atoms with Gasteiger partial charge in [0.2, 0.25) is 0 Å². The molecule has 6 nitrogen and oxygen atoms in total. The van der Waals surface area contributed by atoms with E-state index in [1.54, 1.807) is 6.33 Å². The van der Waals surface area contributed by atoms with Crippen LogP contribution in [0, 0.1) is 11.8 Å². The fourth-order valence-electron chi connectivity index (χ4n) is 4.01. The van der Waals surface area contributed by atoms with Crippen molar-refractivity contribution in [3.05, 3.63) is 90.3 Å². The van der Waals surface area contributed by atoms with Crippen molar-refractivity contribution >= 4 is 22.4 Å². The fraction of sp³-hybridized carbons (Fsp3) is 0.241. The largest absolute Gasteiger partial charge is 0.486 e. The summed E-state index contributed by atoms with van der Waals surface area (Å²) in [6, 6.07) is 23.7. The molecular weight excluding hydrogens is 438 g/mol. The van der Waals surface area contributed by atoms with Crippen LogP contribution in [-0.4, -0.2) is 33.9 Å². The van der Waals surface area contributed by atoms with Crippen LogP contribution >= 0.6 is 0 Å². The summed E-state index contributed by atoms with van der Waals surface area (Å²) in [4.78, 5) is 8.83. The summed E-state index contributed by atoms with van der Waals surface area (Å²) in [5.41, 5.74) is 2.63. The number of hydrogen-bond donors (Lipinski definition) is 2. The number of nitrogens with zero attached hydrogens (tertiary/aromatic N) is 2. The number of fused-ring (bicyclic) bond motifs is 1. The Balaban J connectivity index is 1.33. The van der Waals surface area contributed by atoms with Gasteiger partial charge < -0.3 is 19.9 Å². The Hall–Kier alpha value is -3.92. The molecule has 1 atom stereocenters. The van der Waals surface area contributed by atoms with Crippen molar-refractivity contribution in [1.82, 2.24) is 9.97 Å². The number of rotatable bonds is 5. The lowest BCUT2D eigenvalue weighted by Crippen LogP contribution is -2.34. The molecular formula is C29H27N3O3. The fourth-order valence-corrected chi connectivity index (χ4v) is 4.01. The number of benzene rings is 3. The van der Waals surface area contributed by atoms with Crippen LogP contribution in [-0.2, 0) is 4.74 Å². The van der Waals surface area contributed by atoms with Crippen molar-refractivity contribution in [2.45, 2.75) is 31.5 Å². The number of aliphatic hydroxyl groups is 1. The van der Waals surface area contributed by atoms with Gasteiger partial charge in [0, 0.05) is 29.5 Å². The zero-order valence-corrected chi connectivity index (χ0v) is 19.6. The molecule has 0 amide bonds. The second-order valence-corrected chi connectivity index (χ2v) is 8.67. The second kappa shape index (κ2) is 10.1. The summed E-state index contributed by atoms with van der Waals surface area (Å²) in [6.07, 6.45) is 2.54. The molecule has 1 unspecified atom stereocenters. The molecule has 4 aromatic rings. The van der Waals surface area contributed by atoms with Gasteiger partial charge in [-0.15, -0.1) is 0 Å². The minimum Gasteiger partial charge on any atom is -0.486 e. The smallest absolute Gasteiger partial charge is 0.141 e. The maximum absolute atomic E-state index is 10.6. The van der Waals surface area contributed by atoms with Crippen molar-refractivity contribution in [3.63, 3.8) is 0 Å². The van der Waals surface area contributed by atoms with Crippen LogP contribution in [0.5, 0.6) is 5.75 Å². The molecule has 6 heteroatoms. The summed E-state index contributed by atoms with van der Waals surface area (Å²) < 4.78 is 11.4. The quantitative estimate of drug-likeness (QED) is 0.384. The normalized spacial score (nSPS) is 15.6. The van der Waals surface area contributed by atoms with Gasteiger partial charge in [0.25, 0.3) is 0 Å². The average Bonchev–Trinajstić information content (AvgIpc) is 2.90. The SMILES string of the molecule is CC(Oc1ccc(Nc2ncnc3ccc(C#CC4(O)CCOCC4)cc23)cc1)c1ccccc1. The van der Waals surface area contributed by atoms with Gasteiger partial charge >= 0.3 is 0 Å². The van der Waals surface area contributed by atoms with Crippen LogP contribution < -0.4 is 10.1 Å². The molecule has 1 aliphatic heterocycles. The molecule has 3 aromatic carbocycles. The highest BCUT2D eigenvalue weighted by atomic mass is 16.5. The molecule has 35 heavy (non-hydrogen) atoms. The molecule has 1 fully saturated rings. The van der Waals surface area contributed by atoms with E-state index in [-0.39, 0.29) is 6.10 Å². The van der Waals surface area contributed by atoms with Crippen LogP contribution in [0.2, 0.25) is 0 Å². The van der Waals surface area contributed by atoms with Gasteiger partial charge in [-0.05, 0) is 55.0 Å². The van der Waals surface area contributed by atoms with E-state index in [0.717, 1.165) is 33.5 Å². The van der Waals surface area contributed by atoms with E-state index in [9.17, 15) is 5.11 Å². The van der Waals surface area contributed by atoms with Crippen LogP contribution in [0.25, 0.3) is 10.9 Å². The molecule has 1 aliphatic rings. The molecule has 0 aliphatic carbocycles. The molecule has 0 radical (unpaired) electrons. The van der Waals surface area contributed by atoms with Crippen molar-refractivity contribution in [3.8, 4) is 17.6 Å². The van der Waals surface area contributed by atoms with Gasteiger partial charge in [-0.2, -0.15) is 0 Å². The monoisotopic (exact) mass is 465 g/mol. The maximum Gasteiger partial charge on any atom is 0.141 e. The van der Waals surface area contributed by atoms with Crippen molar-refractivity contribution in [2.75, 3.05) is 18.5 Å². The van der Waals surface area contributed by atoms with Crippen LogP contribution in [0.4, 0.5) is 11.5 Å². The lowest BCUT2D eigenvalue weighted by Gasteiger charge is -2.26. The van der Waals surface area contributed by atoms with Gasteiger partial charge in [-0.3, -0.25) is 0 Å². The highest BCUT2D eigenvalue weighted by Gasteiger charge is 2.27. The number of hydrogen-bond acceptors (Lipinski definition) is 6. The topological polar surface area (TPSA) is 76.5 Å². The third kappa shape index (κ3) is 5.60. The summed E-state index contributed by atoms with van der Waals surface area (Å²) in [5, 5.41) is 14.9. The Morgan fingerprint density at radius 3 is 2.54 bits per heavy atom. The van der Waals surface area contributed by atoms with E-state index in [1.807, 2.05) is 67.6 Å². The van der Waals surface area contributed by atoms with Gasteiger partial charge in [0.15, 0.2) is 0 Å². The first-order chi connectivity index (χ1) is 17.1. The van der Waals surface area contributed by atoms with E-state index in [2.05, 4.69) is 39.3 Å². The number of anilines is 2. The number of aromatic nitrogens is 2. The average molecular weight is 466 g/mol. The molecule has 2 N–H and O–H groups in total. The maximum atomic E-state index is 10.6. The van der Waals surface area contributed by atoms with E-state index >= 15 is 0 Å². The third-order valence-electron chi connectivity index (χ3n) is 6.09. The van der Waals surface area contributed by atoms with Gasteiger partial charge in [-0.25, -0.2) is 9.97 Å². The highest BCUT2D eigenvalue weighted by Crippen LogP contribution is 2.27. The van der Waals surface area contributed by atoms with E-state index in [0.29, 0.717) is 31.9 Å². The van der Waals surface area contributed by atoms with Crippen LogP contribution in [0.15, 0.2) is 79.1 Å². The third-order valence-corrected chi connectivity index (χ3v) is 6.09. The Bertz CT molecular complexity index is 1360. The molecule has 0 bridgehead atoms. The van der Waals surface area contributed by atoms with Crippen molar-refractivity contribution in [2.24, 2.45) is 0 Å². The first-order valence-electron chi connectivity index (χ1n) is 11.7. The molecule has 176 valence electrons. The summed E-state index contributed by atoms with van der Waals surface area (Å²) in [5.74, 6) is 7.64. The van der Waals surface area contributed by atoms with Gasteiger partial charge in [0.1, 0.15) is 29.6 Å². The number of ether oxygens (including phenoxy) is 2. The van der Waals surface area contributed by atoms with E-state index < -0.39 is 5.60 Å². The Morgan fingerprint density at radius 2 is 1.77 bits per heavy atom. The Labute approximate surface area is 205 Å². The minimum atomic E-state index is -0.997. The summed E-state index contributed by atoms with van der Waals surface area (Å²) in [7, 11) is 0. The van der Waals surface area contributed by atoms with E-state index in [4.69, 9.17) is 9.47 Å². The number of nitrogens with one attached hydrogen (secondary N) is 1. The molecule has 0 spiro atoms. The van der Waals surface area contributed by atoms with Gasteiger partial charge in [0.05, 0.1) is 18.7 Å². The lowest BCUT2D eigenvalue weighted by molar-refractivity contribution is -0.0261. The summed E-state index contributed by atoms with van der Waals surface area (Å²) >= 11 is 0. The van der Waals surface area contributed by atoms with Crippen molar-refractivity contribution < 1.29 is 14.6 Å². The lowest BCUT2D eigenvalue weighted by atomic mass is 9.95.